The van der Waals surface area contributed by atoms with Crippen LogP contribution in [0.15, 0.2) is 41.4 Å². The summed E-state index contributed by atoms with van der Waals surface area (Å²) in [5.41, 5.74) is 1.36. The van der Waals surface area contributed by atoms with Gasteiger partial charge in [0.15, 0.2) is 5.96 Å². The van der Waals surface area contributed by atoms with Crippen LogP contribution >= 0.6 is 24.0 Å². The van der Waals surface area contributed by atoms with Gasteiger partial charge in [-0.05, 0) is 49.8 Å². The molecule has 0 amide bonds. The second kappa shape index (κ2) is 11.3. The van der Waals surface area contributed by atoms with Crippen LogP contribution in [0, 0.1) is 0 Å². The van der Waals surface area contributed by atoms with Gasteiger partial charge < -0.3 is 15.4 Å². The van der Waals surface area contributed by atoms with E-state index in [1.54, 1.807) is 7.11 Å². The molecule has 128 valence electrons. The van der Waals surface area contributed by atoms with Gasteiger partial charge in [0.25, 0.3) is 0 Å². The van der Waals surface area contributed by atoms with Crippen LogP contribution in [0.3, 0.4) is 0 Å². The Labute approximate surface area is 156 Å². The lowest BCUT2D eigenvalue weighted by Crippen LogP contribution is -2.42. The molecule has 1 aromatic carbocycles. The lowest BCUT2D eigenvalue weighted by molar-refractivity contribution is 0.414. The Balaban J connectivity index is 0.00000264. The zero-order valence-electron chi connectivity index (χ0n) is 14.0. The Kier molecular flexibility index (Phi) is 9.75. The largest absolute Gasteiger partial charge is 0.497 e. The molecule has 2 N–H and O–H groups in total. The minimum atomic E-state index is 0. The third-order valence-corrected chi connectivity index (χ3v) is 3.92. The number of nitrogens with one attached hydrogen (secondary N) is 2. The van der Waals surface area contributed by atoms with Crippen molar-refractivity contribution >= 4 is 29.9 Å². The molecule has 23 heavy (non-hydrogen) atoms. The number of benzene rings is 1. The standard InChI is InChI=1S/C18H27N3O.HI/c1-19-18(21-16-8-3-4-9-16)20-14-6-5-7-15-10-12-17(22-2)13-11-15;/h3-4,10-13,16H,5-9,14H2,1-2H3,(H2,19,20,21);1H. The highest BCUT2D eigenvalue weighted by molar-refractivity contribution is 14.0. The molecule has 0 spiro atoms. The van der Waals surface area contributed by atoms with Gasteiger partial charge in [-0.3, -0.25) is 4.99 Å². The Morgan fingerprint density at radius 3 is 2.48 bits per heavy atom. The molecule has 0 radical (unpaired) electrons. The summed E-state index contributed by atoms with van der Waals surface area (Å²) < 4.78 is 5.17. The first-order valence-electron chi connectivity index (χ1n) is 8.07. The normalized spacial score (nSPS) is 14.4. The maximum atomic E-state index is 5.17. The first kappa shape index (κ1) is 19.8. The summed E-state index contributed by atoms with van der Waals surface area (Å²) in [5, 5.41) is 6.84. The Hall–Kier alpha value is -1.24. The fraction of sp³-hybridized carbons (Fsp3) is 0.500. The van der Waals surface area contributed by atoms with Gasteiger partial charge in [0, 0.05) is 19.6 Å². The number of methoxy groups -OCH3 is 1. The van der Waals surface area contributed by atoms with Crippen molar-refractivity contribution in [2.24, 2.45) is 4.99 Å². The topological polar surface area (TPSA) is 45.7 Å². The van der Waals surface area contributed by atoms with Gasteiger partial charge in [-0.1, -0.05) is 24.3 Å². The van der Waals surface area contributed by atoms with E-state index in [2.05, 4.69) is 39.9 Å². The van der Waals surface area contributed by atoms with E-state index < -0.39 is 0 Å². The molecule has 2 rings (SSSR count). The number of guanidine groups is 1. The highest BCUT2D eigenvalue weighted by atomic mass is 127. The van der Waals surface area contributed by atoms with Crippen molar-refractivity contribution in [1.29, 1.82) is 0 Å². The second-order valence-electron chi connectivity index (χ2n) is 5.59. The highest BCUT2D eigenvalue weighted by Gasteiger charge is 2.10. The molecule has 1 aliphatic carbocycles. The summed E-state index contributed by atoms with van der Waals surface area (Å²) in [6, 6.07) is 8.83. The number of ether oxygens (including phenoxy) is 1. The van der Waals surface area contributed by atoms with E-state index in [4.69, 9.17) is 4.74 Å². The average molecular weight is 429 g/mol. The summed E-state index contributed by atoms with van der Waals surface area (Å²) >= 11 is 0. The zero-order valence-corrected chi connectivity index (χ0v) is 16.4. The molecule has 4 nitrogen and oxygen atoms in total. The summed E-state index contributed by atoms with van der Waals surface area (Å²) in [6.07, 6.45) is 10.0. The molecular formula is C18H28IN3O. The lowest BCUT2D eigenvalue weighted by Gasteiger charge is -2.16. The molecule has 0 saturated heterocycles. The molecule has 0 atom stereocenters. The van der Waals surface area contributed by atoms with Crippen LogP contribution in [0.2, 0.25) is 0 Å². The molecule has 0 bridgehead atoms. The van der Waals surface area contributed by atoms with Gasteiger partial charge in [0.1, 0.15) is 5.75 Å². The minimum absolute atomic E-state index is 0. The molecule has 1 aliphatic rings. The molecule has 0 unspecified atom stereocenters. The third kappa shape index (κ3) is 7.24. The number of hydrogen-bond donors (Lipinski definition) is 2. The second-order valence-corrected chi connectivity index (χ2v) is 5.59. The van der Waals surface area contributed by atoms with Gasteiger partial charge in [0.05, 0.1) is 7.11 Å². The molecule has 0 saturated carbocycles. The van der Waals surface area contributed by atoms with Crippen molar-refractivity contribution in [1.82, 2.24) is 10.6 Å². The maximum Gasteiger partial charge on any atom is 0.191 e. The molecule has 1 aromatic rings. The van der Waals surface area contributed by atoms with E-state index in [-0.39, 0.29) is 24.0 Å². The van der Waals surface area contributed by atoms with E-state index in [1.165, 1.54) is 12.0 Å². The predicted molar refractivity (Wildman–Crippen MR) is 108 cm³/mol. The molecule has 0 heterocycles. The van der Waals surface area contributed by atoms with E-state index in [0.717, 1.165) is 43.9 Å². The van der Waals surface area contributed by atoms with E-state index >= 15 is 0 Å². The Morgan fingerprint density at radius 1 is 1.17 bits per heavy atom. The van der Waals surface area contributed by atoms with Crippen molar-refractivity contribution in [3.8, 4) is 5.75 Å². The van der Waals surface area contributed by atoms with Gasteiger partial charge in [-0.2, -0.15) is 0 Å². The van der Waals surface area contributed by atoms with Crippen LogP contribution in [0.25, 0.3) is 0 Å². The van der Waals surface area contributed by atoms with Crippen molar-refractivity contribution in [3.05, 3.63) is 42.0 Å². The predicted octanol–water partition coefficient (Wildman–Crippen LogP) is 3.52. The monoisotopic (exact) mass is 429 g/mol. The molecule has 0 aromatic heterocycles. The fourth-order valence-electron chi connectivity index (χ4n) is 2.58. The van der Waals surface area contributed by atoms with Crippen LogP contribution in [0.5, 0.6) is 5.75 Å². The smallest absolute Gasteiger partial charge is 0.191 e. The number of unbranched alkanes of at least 4 members (excludes halogenated alkanes) is 1. The van der Waals surface area contributed by atoms with Crippen molar-refractivity contribution in [2.75, 3.05) is 20.7 Å². The van der Waals surface area contributed by atoms with Crippen LogP contribution in [0.1, 0.15) is 31.2 Å². The summed E-state index contributed by atoms with van der Waals surface area (Å²) in [6.45, 7) is 0.954. The Bertz CT molecular complexity index is 491. The summed E-state index contributed by atoms with van der Waals surface area (Å²) in [7, 11) is 3.53. The fourth-order valence-corrected chi connectivity index (χ4v) is 2.58. The Morgan fingerprint density at radius 2 is 1.87 bits per heavy atom. The summed E-state index contributed by atoms with van der Waals surface area (Å²) in [4.78, 5) is 4.28. The van der Waals surface area contributed by atoms with Gasteiger partial charge in [0.2, 0.25) is 0 Å². The molecule has 5 heteroatoms. The third-order valence-electron chi connectivity index (χ3n) is 3.92. The van der Waals surface area contributed by atoms with Gasteiger partial charge in [-0.15, -0.1) is 24.0 Å². The van der Waals surface area contributed by atoms with Gasteiger partial charge >= 0.3 is 0 Å². The number of aryl methyl sites for hydroxylation is 1. The lowest BCUT2D eigenvalue weighted by atomic mass is 10.1. The molecular weight excluding hydrogens is 401 g/mol. The first-order chi connectivity index (χ1) is 10.8. The molecule has 0 fully saturated rings. The number of rotatable bonds is 7. The number of aliphatic imine (C=N–C) groups is 1. The van der Waals surface area contributed by atoms with Crippen LogP contribution < -0.4 is 15.4 Å². The minimum Gasteiger partial charge on any atom is -0.497 e. The van der Waals surface area contributed by atoms with Crippen molar-refractivity contribution < 1.29 is 4.74 Å². The first-order valence-corrected chi connectivity index (χ1v) is 8.07. The maximum absolute atomic E-state index is 5.17. The molecule has 0 aliphatic heterocycles. The summed E-state index contributed by atoms with van der Waals surface area (Å²) in [5.74, 6) is 1.83. The quantitative estimate of drug-likeness (QED) is 0.229. The van der Waals surface area contributed by atoms with E-state index in [9.17, 15) is 0 Å². The van der Waals surface area contributed by atoms with Gasteiger partial charge in [-0.25, -0.2) is 0 Å². The van der Waals surface area contributed by atoms with Crippen LogP contribution in [-0.2, 0) is 6.42 Å². The average Bonchev–Trinajstić information content (AvgIpc) is 3.07. The van der Waals surface area contributed by atoms with Crippen LogP contribution in [-0.4, -0.2) is 32.7 Å². The van der Waals surface area contributed by atoms with Crippen molar-refractivity contribution in [3.63, 3.8) is 0 Å². The van der Waals surface area contributed by atoms with E-state index in [0.29, 0.717) is 6.04 Å². The van der Waals surface area contributed by atoms with Crippen LogP contribution in [0.4, 0.5) is 0 Å². The zero-order chi connectivity index (χ0) is 15.6. The van der Waals surface area contributed by atoms with Crippen molar-refractivity contribution in [2.45, 2.75) is 38.1 Å². The number of hydrogen-bond acceptors (Lipinski definition) is 2. The number of halogens is 1. The SMILES string of the molecule is CN=C(NCCCCc1ccc(OC)cc1)NC1CC=CC1.I. The highest BCUT2D eigenvalue weighted by Crippen LogP contribution is 2.13. The van der Waals surface area contributed by atoms with E-state index in [1.807, 2.05) is 19.2 Å². The number of nitrogens with zero attached hydrogens (tertiary/aromatic N) is 1.